The fraction of sp³-hybridized carbons (Fsp3) is 0.125. The van der Waals surface area contributed by atoms with Gasteiger partial charge in [0.15, 0.2) is 11.7 Å². The molecule has 0 amide bonds. The smallest absolute Gasteiger partial charge is 0.199 e. The summed E-state index contributed by atoms with van der Waals surface area (Å²) in [6.07, 6.45) is 2.13. The molecular formula is C24H20FNO3S. The van der Waals surface area contributed by atoms with Gasteiger partial charge in [-0.2, -0.15) is 0 Å². The minimum absolute atomic E-state index is 0.310. The molecule has 0 saturated carbocycles. The van der Waals surface area contributed by atoms with Gasteiger partial charge in [0.1, 0.15) is 17.3 Å². The standard InChI is InChI=1S/C24H20FNO3S/c1-28-20-5-3-4-16(14-20)15-22-26-23(17-6-10-19(25)11-7-17)24(29-22)18-8-12-21(13-9-18)30(2)27/h3-14H,15H2,1-2H3. The first-order chi connectivity index (χ1) is 14.5. The van der Waals surface area contributed by atoms with Crippen LogP contribution < -0.4 is 4.74 Å². The van der Waals surface area contributed by atoms with E-state index in [1.807, 2.05) is 48.5 Å². The van der Waals surface area contributed by atoms with Crippen LogP contribution in [-0.2, 0) is 17.2 Å². The van der Waals surface area contributed by atoms with Gasteiger partial charge in [0.25, 0.3) is 0 Å². The highest BCUT2D eigenvalue weighted by molar-refractivity contribution is 7.84. The van der Waals surface area contributed by atoms with Gasteiger partial charge in [-0.1, -0.05) is 12.1 Å². The van der Waals surface area contributed by atoms with Gasteiger partial charge < -0.3 is 9.15 Å². The summed E-state index contributed by atoms with van der Waals surface area (Å²) in [4.78, 5) is 5.44. The molecule has 1 heterocycles. The lowest BCUT2D eigenvalue weighted by Crippen LogP contribution is -1.90. The molecule has 0 radical (unpaired) electrons. The largest absolute Gasteiger partial charge is 0.497 e. The third kappa shape index (κ3) is 4.33. The number of rotatable bonds is 6. The summed E-state index contributed by atoms with van der Waals surface area (Å²) in [5, 5.41) is 0. The molecule has 0 aliphatic carbocycles. The van der Waals surface area contributed by atoms with E-state index in [-0.39, 0.29) is 5.82 Å². The SMILES string of the molecule is COc1cccc(Cc2nc(-c3ccc(F)cc3)c(-c3ccc(S(C)=O)cc3)o2)c1. The quantitative estimate of drug-likeness (QED) is 0.413. The minimum Gasteiger partial charge on any atom is -0.497 e. The summed E-state index contributed by atoms with van der Waals surface area (Å²) >= 11 is 0. The number of aromatic nitrogens is 1. The second kappa shape index (κ2) is 8.63. The maximum absolute atomic E-state index is 13.4. The lowest BCUT2D eigenvalue weighted by Gasteiger charge is -2.03. The van der Waals surface area contributed by atoms with Crippen LogP contribution in [0.2, 0.25) is 0 Å². The summed E-state index contributed by atoms with van der Waals surface area (Å²) in [5.74, 6) is 1.59. The highest BCUT2D eigenvalue weighted by Gasteiger charge is 2.18. The maximum atomic E-state index is 13.4. The van der Waals surface area contributed by atoms with E-state index in [4.69, 9.17) is 14.1 Å². The van der Waals surface area contributed by atoms with E-state index >= 15 is 0 Å². The molecule has 4 aromatic rings. The Morgan fingerprint density at radius 1 is 1.00 bits per heavy atom. The topological polar surface area (TPSA) is 52.3 Å². The molecule has 152 valence electrons. The van der Waals surface area contributed by atoms with E-state index in [0.717, 1.165) is 27.3 Å². The molecule has 6 heteroatoms. The maximum Gasteiger partial charge on any atom is 0.199 e. The molecule has 0 bridgehead atoms. The first kappa shape index (κ1) is 20.0. The third-order valence-electron chi connectivity index (χ3n) is 4.73. The number of methoxy groups -OCH3 is 1. The summed E-state index contributed by atoms with van der Waals surface area (Å²) < 4.78 is 36.6. The molecule has 0 spiro atoms. The van der Waals surface area contributed by atoms with Crippen molar-refractivity contribution >= 4 is 10.8 Å². The second-order valence-corrected chi connectivity index (χ2v) is 8.18. The molecule has 3 aromatic carbocycles. The van der Waals surface area contributed by atoms with Crippen molar-refractivity contribution < 1.29 is 17.8 Å². The monoisotopic (exact) mass is 421 g/mol. The highest BCUT2D eigenvalue weighted by atomic mass is 32.2. The minimum atomic E-state index is -1.06. The average molecular weight is 421 g/mol. The summed E-state index contributed by atoms with van der Waals surface area (Å²) in [5.41, 5.74) is 3.21. The van der Waals surface area contributed by atoms with Crippen molar-refractivity contribution in [2.75, 3.05) is 13.4 Å². The summed E-state index contributed by atoms with van der Waals surface area (Å²) in [6.45, 7) is 0. The van der Waals surface area contributed by atoms with Gasteiger partial charge in [-0.15, -0.1) is 0 Å². The molecule has 30 heavy (non-hydrogen) atoms. The van der Waals surface area contributed by atoms with E-state index in [2.05, 4.69) is 0 Å². The van der Waals surface area contributed by atoms with Crippen molar-refractivity contribution in [2.45, 2.75) is 11.3 Å². The Bertz CT molecular complexity index is 1180. The summed E-state index contributed by atoms with van der Waals surface area (Å²) in [7, 11) is 0.565. The van der Waals surface area contributed by atoms with Crippen LogP contribution in [0.15, 0.2) is 82.1 Å². The van der Waals surface area contributed by atoms with E-state index < -0.39 is 10.8 Å². The molecule has 0 N–H and O–H groups in total. The van der Waals surface area contributed by atoms with Crippen molar-refractivity contribution in [1.29, 1.82) is 0 Å². The van der Waals surface area contributed by atoms with E-state index in [0.29, 0.717) is 23.8 Å². The lowest BCUT2D eigenvalue weighted by molar-refractivity contribution is 0.414. The molecular weight excluding hydrogens is 401 g/mol. The predicted molar refractivity (Wildman–Crippen MR) is 115 cm³/mol. The van der Waals surface area contributed by atoms with E-state index in [9.17, 15) is 8.60 Å². The number of nitrogens with zero attached hydrogens (tertiary/aromatic N) is 1. The molecule has 0 saturated heterocycles. The Hall–Kier alpha value is -3.25. The van der Waals surface area contributed by atoms with E-state index in [1.165, 1.54) is 12.1 Å². The van der Waals surface area contributed by atoms with Crippen molar-refractivity contribution in [1.82, 2.24) is 4.98 Å². The zero-order valence-electron chi connectivity index (χ0n) is 16.6. The predicted octanol–water partition coefficient (Wildman–Crippen LogP) is 5.48. The van der Waals surface area contributed by atoms with Crippen molar-refractivity contribution in [3.8, 4) is 28.3 Å². The van der Waals surface area contributed by atoms with Crippen LogP contribution in [0.4, 0.5) is 4.39 Å². The Balaban J connectivity index is 1.76. The Labute approximate surface area is 176 Å². The number of hydrogen-bond acceptors (Lipinski definition) is 4. The number of benzene rings is 3. The van der Waals surface area contributed by atoms with Crippen LogP contribution >= 0.6 is 0 Å². The van der Waals surface area contributed by atoms with Crippen LogP contribution in [0.3, 0.4) is 0 Å². The van der Waals surface area contributed by atoms with Crippen LogP contribution in [0.25, 0.3) is 22.6 Å². The molecule has 0 fully saturated rings. The highest BCUT2D eigenvalue weighted by Crippen LogP contribution is 2.34. The van der Waals surface area contributed by atoms with Crippen LogP contribution in [0.5, 0.6) is 5.75 Å². The Morgan fingerprint density at radius 2 is 1.70 bits per heavy atom. The third-order valence-corrected chi connectivity index (χ3v) is 5.66. The molecule has 1 aromatic heterocycles. The Morgan fingerprint density at radius 3 is 2.37 bits per heavy atom. The summed E-state index contributed by atoms with van der Waals surface area (Å²) in [6, 6.07) is 21.2. The van der Waals surface area contributed by atoms with Gasteiger partial charge in [0.05, 0.1) is 7.11 Å². The van der Waals surface area contributed by atoms with Crippen LogP contribution in [-0.4, -0.2) is 22.6 Å². The number of halogens is 1. The molecule has 0 aliphatic heterocycles. The zero-order valence-corrected chi connectivity index (χ0v) is 17.4. The average Bonchev–Trinajstić information content (AvgIpc) is 3.18. The normalized spacial score (nSPS) is 12.0. The first-order valence-corrected chi connectivity index (χ1v) is 10.9. The lowest BCUT2D eigenvalue weighted by atomic mass is 10.1. The molecule has 4 rings (SSSR count). The van der Waals surface area contributed by atoms with Gasteiger partial charge in [0.2, 0.25) is 0 Å². The van der Waals surface area contributed by atoms with Gasteiger partial charge >= 0.3 is 0 Å². The number of ether oxygens (including phenoxy) is 1. The van der Waals surface area contributed by atoms with Gasteiger partial charge in [0, 0.05) is 39.5 Å². The van der Waals surface area contributed by atoms with E-state index in [1.54, 1.807) is 25.5 Å². The van der Waals surface area contributed by atoms with Gasteiger partial charge in [-0.25, -0.2) is 9.37 Å². The second-order valence-electron chi connectivity index (χ2n) is 6.80. The first-order valence-electron chi connectivity index (χ1n) is 9.36. The van der Waals surface area contributed by atoms with Crippen molar-refractivity contribution in [3.63, 3.8) is 0 Å². The Kier molecular flexibility index (Phi) is 5.77. The molecule has 1 atom stereocenters. The molecule has 4 nitrogen and oxygen atoms in total. The fourth-order valence-electron chi connectivity index (χ4n) is 3.19. The van der Waals surface area contributed by atoms with Crippen LogP contribution in [0.1, 0.15) is 11.5 Å². The number of oxazole rings is 1. The van der Waals surface area contributed by atoms with Gasteiger partial charge in [-0.3, -0.25) is 4.21 Å². The fourth-order valence-corrected chi connectivity index (χ4v) is 3.71. The van der Waals surface area contributed by atoms with Crippen LogP contribution in [0, 0.1) is 5.82 Å². The van der Waals surface area contributed by atoms with Crippen molar-refractivity contribution in [3.05, 3.63) is 90.1 Å². The molecule has 1 unspecified atom stereocenters. The number of hydrogen-bond donors (Lipinski definition) is 0. The zero-order chi connectivity index (χ0) is 21.1. The van der Waals surface area contributed by atoms with Crippen molar-refractivity contribution in [2.24, 2.45) is 0 Å². The van der Waals surface area contributed by atoms with Gasteiger partial charge in [-0.05, 0) is 66.2 Å². The molecule has 0 aliphatic rings.